The topological polar surface area (TPSA) is 73.1 Å². The van der Waals surface area contributed by atoms with Gasteiger partial charge in [-0.3, -0.25) is 0 Å². The van der Waals surface area contributed by atoms with E-state index in [1.54, 1.807) is 13.2 Å². The summed E-state index contributed by atoms with van der Waals surface area (Å²) in [4.78, 5) is 8.79. The Balaban J connectivity index is 2.26. The van der Waals surface area contributed by atoms with E-state index in [4.69, 9.17) is 10.5 Å². The Morgan fingerprint density at radius 1 is 1.10 bits per heavy atom. The van der Waals surface area contributed by atoms with Crippen LogP contribution in [-0.4, -0.2) is 17.1 Å². The molecule has 5 heteroatoms. The molecule has 0 aliphatic heterocycles. The Morgan fingerprint density at radius 2 is 1.75 bits per heavy atom. The monoisotopic (exact) mass is 272 g/mol. The molecular weight excluding hydrogens is 252 g/mol. The van der Waals surface area contributed by atoms with E-state index in [2.05, 4.69) is 36.1 Å². The van der Waals surface area contributed by atoms with Gasteiger partial charge in [0.05, 0.1) is 7.11 Å². The quantitative estimate of drug-likeness (QED) is 0.898. The second-order valence-electron chi connectivity index (χ2n) is 5.61. The van der Waals surface area contributed by atoms with Gasteiger partial charge in [-0.15, -0.1) is 0 Å². The molecule has 0 fully saturated rings. The number of hydrogen-bond donors (Lipinski definition) is 2. The standard InChI is InChI=1S/C15H20N4O/c1-15(2,3)14-18-12(16)9-13(19-14)17-10-5-7-11(20-4)8-6-10/h5-9H,1-4H3,(H3,16,17,18,19). The average molecular weight is 272 g/mol. The van der Waals surface area contributed by atoms with Gasteiger partial charge in [0.2, 0.25) is 0 Å². The number of rotatable bonds is 3. The number of benzene rings is 1. The summed E-state index contributed by atoms with van der Waals surface area (Å²) in [5, 5.41) is 3.22. The van der Waals surface area contributed by atoms with Crippen molar-refractivity contribution in [2.24, 2.45) is 0 Å². The van der Waals surface area contributed by atoms with Crippen LogP contribution in [0.5, 0.6) is 5.75 Å². The fraction of sp³-hybridized carbons (Fsp3) is 0.333. The summed E-state index contributed by atoms with van der Waals surface area (Å²) in [7, 11) is 1.64. The number of aromatic nitrogens is 2. The Bertz CT molecular complexity index is 588. The molecular formula is C15H20N4O. The first-order valence-corrected chi connectivity index (χ1v) is 6.44. The lowest BCUT2D eigenvalue weighted by Gasteiger charge is -2.18. The first kappa shape index (κ1) is 14.1. The molecule has 0 radical (unpaired) electrons. The van der Waals surface area contributed by atoms with E-state index in [9.17, 15) is 0 Å². The minimum absolute atomic E-state index is 0.147. The van der Waals surface area contributed by atoms with Gasteiger partial charge >= 0.3 is 0 Å². The maximum atomic E-state index is 5.84. The molecule has 0 saturated carbocycles. The van der Waals surface area contributed by atoms with Crippen molar-refractivity contribution in [3.05, 3.63) is 36.2 Å². The summed E-state index contributed by atoms with van der Waals surface area (Å²) in [6, 6.07) is 9.34. The second-order valence-corrected chi connectivity index (χ2v) is 5.61. The van der Waals surface area contributed by atoms with Gasteiger partial charge < -0.3 is 15.8 Å². The summed E-state index contributed by atoms with van der Waals surface area (Å²) in [6.07, 6.45) is 0. The highest BCUT2D eigenvalue weighted by Crippen LogP contribution is 2.24. The molecule has 3 N–H and O–H groups in total. The molecule has 0 amide bonds. The number of hydrogen-bond acceptors (Lipinski definition) is 5. The average Bonchev–Trinajstić information content (AvgIpc) is 2.38. The molecule has 0 unspecified atom stereocenters. The van der Waals surface area contributed by atoms with E-state index in [1.165, 1.54) is 0 Å². The van der Waals surface area contributed by atoms with Gasteiger partial charge in [0.25, 0.3) is 0 Å². The Morgan fingerprint density at radius 3 is 2.30 bits per heavy atom. The number of methoxy groups -OCH3 is 1. The highest BCUT2D eigenvalue weighted by Gasteiger charge is 2.18. The third-order valence-electron chi connectivity index (χ3n) is 2.78. The smallest absolute Gasteiger partial charge is 0.138 e. The minimum Gasteiger partial charge on any atom is -0.497 e. The van der Waals surface area contributed by atoms with Crippen LogP contribution in [0, 0.1) is 0 Å². The molecule has 0 spiro atoms. The van der Waals surface area contributed by atoms with Crippen molar-refractivity contribution in [1.82, 2.24) is 9.97 Å². The summed E-state index contributed by atoms with van der Waals surface area (Å²) >= 11 is 0. The second kappa shape index (κ2) is 5.36. The van der Waals surface area contributed by atoms with Crippen LogP contribution in [0.4, 0.5) is 17.3 Å². The molecule has 1 aromatic carbocycles. The molecule has 0 atom stereocenters. The number of nitrogens with two attached hydrogens (primary N) is 1. The molecule has 1 heterocycles. The van der Waals surface area contributed by atoms with Crippen molar-refractivity contribution in [3.63, 3.8) is 0 Å². The predicted molar refractivity (Wildman–Crippen MR) is 81.4 cm³/mol. The molecule has 5 nitrogen and oxygen atoms in total. The fourth-order valence-electron chi connectivity index (χ4n) is 1.69. The van der Waals surface area contributed by atoms with Crippen LogP contribution in [0.3, 0.4) is 0 Å². The Kier molecular flexibility index (Phi) is 3.79. The van der Waals surface area contributed by atoms with E-state index in [0.29, 0.717) is 17.5 Å². The lowest BCUT2D eigenvalue weighted by atomic mass is 9.96. The van der Waals surface area contributed by atoms with Crippen LogP contribution < -0.4 is 15.8 Å². The first-order chi connectivity index (χ1) is 9.38. The van der Waals surface area contributed by atoms with Crippen LogP contribution in [0.25, 0.3) is 0 Å². The third kappa shape index (κ3) is 3.38. The van der Waals surface area contributed by atoms with Gasteiger partial charge in [0.15, 0.2) is 0 Å². The SMILES string of the molecule is COc1ccc(Nc2cc(N)nc(C(C)(C)C)n2)cc1. The Hall–Kier alpha value is -2.30. The van der Waals surface area contributed by atoms with Gasteiger partial charge in [-0.25, -0.2) is 9.97 Å². The van der Waals surface area contributed by atoms with Crippen molar-refractivity contribution in [3.8, 4) is 5.75 Å². The van der Waals surface area contributed by atoms with E-state index in [0.717, 1.165) is 11.4 Å². The largest absolute Gasteiger partial charge is 0.497 e. The maximum Gasteiger partial charge on any atom is 0.138 e. The molecule has 0 aliphatic rings. The minimum atomic E-state index is -0.147. The number of nitrogens with zero attached hydrogens (tertiary/aromatic N) is 2. The summed E-state index contributed by atoms with van der Waals surface area (Å²) in [5.41, 5.74) is 6.62. The van der Waals surface area contributed by atoms with Gasteiger partial charge in [0.1, 0.15) is 23.2 Å². The molecule has 0 saturated heterocycles. The van der Waals surface area contributed by atoms with Crippen LogP contribution >= 0.6 is 0 Å². The van der Waals surface area contributed by atoms with Crippen molar-refractivity contribution in [2.75, 3.05) is 18.2 Å². The predicted octanol–water partition coefficient (Wildman–Crippen LogP) is 3.11. The van der Waals surface area contributed by atoms with E-state index in [-0.39, 0.29) is 5.41 Å². The zero-order valence-corrected chi connectivity index (χ0v) is 12.3. The number of anilines is 3. The first-order valence-electron chi connectivity index (χ1n) is 6.44. The van der Waals surface area contributed by atoms with Crippen molar-refractivity contribution < 1.29 is 4.74 Å². The molecule has 0 bridgehead atoms. The molecule has 1 aromatic heterocycles. The van der Waals surface area contributed by atoms with Crippen LogP contribution in [0.2, 0.25) is 0 Å². The van der Waals surface area contributed by atoms with Gasteiger partial charge in [-0.05, 0) is 24.3 Å². The molecule has 20 heavy (non-hydrogen) atoms. The maximum absolute atomic E-state index is 5.84. The highest BCUT2D eigenvalue weighted by atomic mass is 16.5. The zero-order valence-electron chi connectivity index (χ0n) is 12.3. The molecule has 106 valence electrons. The molecule has 0 aliphatic carbocycles. The van der Waals surface area contributed by atoms with Crippen molar-refractivity contribution in [1.29, 1.82) is 0 Å². The van der Waals surface area contributed by atoms with E-state index >= 15 is 0 Å². The van der Waals surface area contributed by atoms with Gasteiger partial charge in [-0.2, -0.15) is 0 Å². The summed E-state index contributed by atoms with van der Waals surface area (Å²) < 4.78 is 5.13. The molecule has 2 rings (SSSR count). The zero-order chi connectivity index (χ0) is 14.8. The van der Waals surface area contributed by atoms with Gasteiger partial charge in [0, 0.05) is 17.2 Å². The number of nitrogens with one attached hydrogen (secondary N) is 1. The Labute approximate surface area is 119 Å². The fourth-order valence-corrected chi connectivity index (χ4v) is 1.69. The highest BCUT2D eigenvalue weighted by molar-refractivity contribution is 5.59. The van der Waals surface area contributed by atoms with E-state index < -0.39 is 0 Å². The van der Waals surface area contributed by atoms with Gasteiger partial charge in [-0.1, -0.05) is 20.8 Å². The van der Waals surface area contributed by atoms with E-state index in [1.807, 2.05) is 24.3 Å². The van der Waals surface area contributed by atoms with Crippen LogP contribution in [-0.2, 0) is 5.41 Å². The van der Waals surface area contributed by atoms with Crippen molar-refractivity contribution in [2.45, 2.75) is 26.2 Å². The summed E-state index contributed by atoms with van der Waals surface area (Å²) in [5.74, 6) is 2.68. The number of nitrogen functional groups attached to an aromatic ring is 1. The van der Waals surface area contributed by atoms with Crippen molar-refractivity contribution >= 4 is 17.3 Å². The third-order valence-corrected chi connectivity index (χ3v) is 2.78. The lowest BCUT2D eigenvalue weighted by Crippen LogP contribution is -2.17. The van der Waals surface area contributed by atoms with Crippen LogP contribution in [0.15, 0.2) is 30.3 Å². The molecule has 2 aromatic rings. The number of ether oxygens (including phenoxy) is 1. The normalized spacial score (nSPS) is 11.2. The summed E-state index contributed by atoms with van der Waals surface area (Å²) in [6.45, 7) is 6.16. The lowest BCUT2D eigenvalue weighted by molar-refractivity contribution is 0.415. The van der Waals surface area contributed by atoms with Crippen LogP contribution in [0.1, 0.15) is 26.6 Å².